The summed E-state index contributed by atoms with van der Waals surface area (Å²) in [6.07, 6.45) is 4.87. The minimum absolute atomic E-state index is 0.0610. The van der Waals surface area contributed by atoms with E-state index in [1.807, 2.05) is 24.3 Å². The first kappa shape index (κ1) is 22.1. The topological polar surface area (TPSA) is 95.9 Å². The molecule has 2 N–H and O–H groups in total. The standard InChI is InChI=1S/C28H30N2O5/c31-24(32)23-11-5-14-30(23)25(33)28(16-27(17-28)12-6-13-27)29-26(34)35-15-22-20-9-3-1-7-18(20)19-8-2-4-10-21(19)22/h1-4,7-10,22-23H,5-6,11-17H2,(H,29,34)(H,31,32). The number of aliphatic carboxylic acids is 1. The number of nitrogens with zero attached hydrogens (tertiary/aromatic N) is 1. The highest BCUT2D eigenvalue weighted by Gasteiger charge is 2.63. The highest BCUT2D eigenvalue weighted by atomic mass is 16.5. The van der Waals surface area contributed by atoms with Crippen molar-refractivity contribution in [3.63, 3.8) is 0 Å². The molecule has 0 radical (unpaired) electrons. The van der Waals surface area contributed by atoms with Crippen LogP contribution in [-0.4, -0.2) is 52.7 Å². The molecule has 7 nitrogen and oxygen atoms in total. The van der Waals surface area contributed by atoms with Crippen LogP contribution in [0.2, 0.25) is 0 Å². The van der Waals surface area contributed by atoms with Crippen molar-refractivity contribution in [2.75, 3.05) is 13.2 Å². The quantitative estimate of drug-likeness (QED) is 0.674. The number of likely N-dealkylation sites (tertiary alicyclic amines) is 1. The molecule has 182 valence electrons. The van der Waals surface area contributed by atoms with Crippen LogP contribution in [-0.2, 0) is 14.3 Å². The van der Waals surface area contributed by atoms with Crippen molar-refractivity contribution in [1.29, 1.82) is 0 Å². The summed E-state index contributed by atoms with van der Waals surface area (Å²) in [6, 6.07) is 15.5. The lowest BCUT2D eigenvalue weighted by molar-refractivity contribution is -0.161. The van der Waals surface area contributed by atoms with Crippen molar-refractivity contribution in [2.45, 2.75) is 62.4 Å². The van der Waals surface area contributed by atoms with Gasteiger partial charge in [0.15, 0.2) is 0 Å². The van der Waals surface area contributed by atoms with Gasteiger partial charge in [-0.3, -0.25) is 4.79 Å². The van der Waals surface area contributed by atoms with Crippen LogP contribution in [0.25, 0.3) is 11.1 Å². The van der Waals surface area contributed by atoms with Gasteiger partial charge in [0.05, 0.1) is 0 Å². The van der Waals surface area contributed by atoms with E-state index in [1.54, 1.807) is 0 Å². The molecule has 3 aliphatic carbocycles. The van der Waals surface area contributed by atoms with Crippen molar-refractivity contribution in [3.8, 4) is 11.1 Å². The van der Waals surface area contributed by atoms with Gasteiger partial charge in [0.1, 0.15) is 18.2 Å². The van der Waals surface area contributed by atoms with Gasteiger partial charge >= 0.3 is 12.1 Å². The Bertz CT molecular complexity index is 1150. The van der Waals surface area contributed by atoms with Crippen LogP contribution >= 0.6 is 0 Å². The Morgan fingerprint density at radius 3 is 2.17 bits per heavy atom. The summed E-state index contributed by atoms with van der Waals surface area (Å²) in [4.78, 5) is 39.8. The highest BCUT2D eigenvalue weighted by molar-refractivity contribution is 5.94. The predicted octanol–water partition coefficient (Wildman–Crippen LogP) is 4.30. The van der Waals surface area contributed by atoms with E-state index in [4.69, 9.17) is 4.74 Å². The molecule has 1 aliphatic heterocycles. The molecule has 1 spiro atoms. The zero-order valence-corrected chi connectivity index (χ0v) is 19.7. The normalized spacial score (nSPS) is 23.1. The third kappa shape index (κ3) is 3.51. The molecule has 0 bridgehead atoms. The molecular formula is C28H30N2O5. The van der Waals surface area contributed by atoms with Gasteiger partial charge in [-0.15, -0.1) is 0 Å². The SMILES string of the molecule is O=C(NC1(C(=O)N2CCCC2C(=O)O)CC2(CCC2)C1)OCC1c2ccccc2-c2ccccc21. The van der Waals surface area contributed by atoms with Gasteiger partial charge in [0, 0.05) is 12.5 Å². The van der Waals surface area contributed by atoms with Gasteiger partial charge < -0.3 is 20.1 Å². The molecular weight excluding hydrogens is 444 g/mol. The van der Waals surface area contributed by atoms with Crippen LogP contribution in [0.5, 0.6) is 0 Å². The van der Waals surface area contributed by atoms with Crippen molar-refractivity contribution < 1.29 is 24.2 Å². The lowest BCUT2D eigenvalue weighted by atomic mass is 9.48. The van der Waals surface area contributed by atoms with Gasteiger partial charge in [-0.1, -0.05) is 55.0 Å². The minimum Gasteiger partial charge on any atom is -0.480 e. The van der Waals surface area contributed by atoms with Gasteiger partial charge in [-0.2, -0.15) is 0 Å². The molecule has 7 heteroatoms. The summed E-state index contributed by atoms with van der Waals surface area (Å²) in [5.74, 6) is -1.31. The maximum absolute atomic E-state index is 13.6. The average molecular weight is 475 g/mol. The van der Waals surface area contributed by atoms with Gasteiger partial charge in [0.25, 0.3) is 0 Å². The number of amides is 2. The summed E-state index contributed by atoms with van der Waals surface area (Å²) in [6.45, 7) is 0.591. The Morgan fingerprint density at radius 2 is 1.60 bits per heavy atom. The van der Waals surface area contributed by atoms with E-state index in [1.165, 1.54) is 4.90 Å². The van der Waals surface area contributed by atoms with E-state index in [9.17, 15) is 19.5 Å². The van der Waals surface area contributed by atoms with Crippen LogP contribution in [0.3, 0.4) is 0 Å². The number of hydrogen-bond acceptors (Lipinski definition) is 4. The lowest BCUT2D eigenvalue weighted by Crippen LogP contribution is -2.71. The lowest BCUT2D eigenvalue weighted by Gasteiger charge is -2.60. The van der Waals surface area contributed by atoms with E-state index in [0.29, 0.717) is 32.2 Å². The molecule has 2 aromatic rings. The summed E-state index contributed by atoms with van der Waals surface area (Å²) < 4.78 is 5.74. The van der Waals surface area contributed by atoms with Crippen molar-refractivity contribution in [3.05, 3.63) is 59.7 Å². The Morgan fingerprint density at radius 1 is 0.971 bits per heavy atom. The summed E-state index contributed by atoms with van der Waals surface area (Å²) in [5.41, 5.74) is 3.61. The molecule has 1 atom stereocenters. The number of carbonyl (C=O) groups is 3. The Balaban J connectivity index is 1.18. The second kappa shape index (κ2) is 8.11. The number of hydrogen-bond donors (Lipinski definition) is 2. The maximum atomic E-state index is 13.6. The number of alkyl carbamates (subject to hydrolysis) is 1. The van der Waals surface area contributed by atoms with Crippen LogP contribution in [0, 0.1) is 5.41 Å². The van der Waals surface area contributed by atoms with E-state index in [0.717, 1.165) is 41.5 Å². The van der Waals surface area contributed by atoms with Crippen LogP contribution in [0.4, 0.5) is 4.79 Å². The second-order valence-corrected chi connectivity index (χ2v) is 10.7. The zero-order chi connectivity index (χ0) is 24.2. The van der Waals surface area contributed by atoms with Crippen LogP contribution in [0.15, 0.2) is 48.5 Å². The van der Waals surface area contributed by atoms with E-state index in [-0.39, 0.29) is 23.8 Å². The molecule has 35 heavy (non-hydrogen) atoms. The monoisotopic (exact) mass is 474 g/mol. The van der Waals surface area contributed by atoms with Crippen molar-refractivity contribution in [2.24, 2.45) is 5.41 Å². The smallest absolute Gasteiger partial charge is 0.408 e. The van der Waals surface area contributed by atoms with E-state index < -0.39 is 23.6 Å². The Kier molecular flexibility index (Phi) is 5.13. The minimum atomic E-state index is -1.07. The molecule has 6 rings (SSSR count). The maximum Gasteiger partial charge on any atom is 0.408 e. The average Bonchev–Trinajstić information content (AvgIpc) is 3.42. The molecule has 2 saturated carbocycles. The van der Waals surface area contributed by atoms with Gasteiger partial charge in [0.2, 0.25) is 5.91 Å². The number of rotatable bonds is 5. The van der Waals surface area contributed by atoms with Crippen molar-refractivity contribution >= 4 is 18.0 Å². The van der Waals surface area contributed by atoms with E-state index in [2.05, 4.69) is 29.6 Å². The third-order valence-corrected chi connectivity index (χ3v) is 8.66. The molecule has 3 fully saturated rings. The third-order valence-electron chi connectivity index (χ3n) is 8.66. The fourth-order valence-corrected chi connectivity index (χ4v) is 6.92. The predicted molar refractivity (Wildman–Crippen MR) is 129 cm³/mol. The summed E-state index contributed by atoms with van der Waals surface area (Å²) in [7, 11) is 0. The molecule has 1 saturated heterocycles. The first-order chi connectivity index (χ1) is 16.9. The molecule has 2 amide bonds. The van der Waals surface area contributed by atoms with Crippen LogP contribution < -0.4 is 5.32 Å². The second-order valence-electron chi connectivity index (χ2n) is 10.7. The number of carbonyl (C=O) groups excluding carboxylic acids is 2. The highest BCUT2D eigenvalue weighted by Crippen LogP contribution is 2.61. The molecule has 4 aliphatic rings. The van der Waals surface area contributed by atoms with Crippen molar-refractivity contribution in [1.82, 2.24) is 10.2 Å². The van der Waals surface area contributed by atoms with Gasteiger partial charge in [-0.05, 0) is 66.2 Å². The molecule has 2 aromatic carbocycles. The number of ether oxygens (including phenoxy) is 1. The molecule has 0 aromatic heterocycles. The number of carboxylic acid groups (broad SMARTS) is 1. The van der Waals surface area contributed by atoms with Crippen LogP contribution in [0.1, 0.15) is 62.0 Å². The Hall–Kier alpha value is -3.35. The number of fused-ring (bicyclic) bond motifs is 3. The fourth-order valence-electron chi connectivity index (χ4n) is 6.92. The molecule has 1 heterocycles. The first-order valence-electron chi connectivity index (χ1n) is 12.6. The zero-order valence-electron chi connectivity index (χ0n) is 19.7. The number of nitrogens with one attached hydrogen (secondary N) is 1. The first-order valence-corrected chi connectivity index (χ1v) is 12.6. The summed E-state index contributed by atoms with van der Waals surface area (Å²) in [5, 5.41) is 12.5. The Labute approximate surface area is 204 Å². The number of carboxylic acids is 1. The van der Waals surface area contributed by atoms with Gasteiger partial charge in [-0.25, -0.2) is 9.59 Å². The summed E-state index contributed by atoms with van der Waals surface area (Å²) >= 11 is 0. The van der Waals surface area contributed by atoms with E-state index >= 15 is 0 Å². The molecule has 1 unspecified atom stereocenters. The fraction of sp³-hybridized carbons (Fsp3) is 0.464. The largest absolute Gasteiger partial charge is 0.480 e. The number of benzene rings is 2.